The minimum atomic E-state index is -0.515. The lowest BCUT2D eigenvalue weighted by Gasteiger charge is -2.18. The van der Waals surface area contributed by atoms with E-state index >= 15 is 0 Å². The average molecular weight is 598 g/mol. The number of rotatable bonds is 12. The molecule has 10 heteroatoms. The molecular weight excluding hydrogens is 566 g/mol. The summed E-state index contributed by atoms with van der Waals surface area (Å²) in [5, 5.41) is 0. The molecule has 1 aliphatic heterocycles. The number of carbonyl (C=O) groups excluding carboxylic acids is 2. The second-order valence-corrected chi connectivity index (χ2v) is 10.5. The Morgan fingerprint density at radius 1 is 1.00 bits per heavy atom. The maximum absolute atomic E-state index is 13.2. The van der Waals surface area contributed by atoms with Gasteiger partial charge in [0.05, 0.1) is 17.2 Å². The van der Waals surface area contributed by atoms with Gasteiger partial charge in [-0.15, -0.1) is 12.4 Å². The highest BCUT2D eigenvalue weighted by atomic mass is 35.5. The van der Waals surface area contributed by atoms with Crippen LogP contribution < -0.4 is 20.1 Å². The minimum absolute atomic E-state index is 0. The molecule has 1 saturated heterocycles. The second kappa shape index (κ2) is 14.9. The van der Waals surface area contributed by atoms with Gasteiger partial charge in [-0.2, -0.15) is 0 Å². The second-order valence-electron chi connectivity index (χ2n) is 8.80. The maximum atomic E-state index is 13.2. The molecule has 2 amide bonds. The largest absolute Gasteiger partial charge is 0.494 e. The lowest BCUT2D eigenvalue weighted by molar-refractivity contribution is -0.113. The molecule has 0 atom stereocenters. The van der Waals surface area contributed by atoms with Crippen molar-refractivity contribution in [2.45, 2.75) is 20.3 Å². The molecule has 0 spiro atoms. The van der Waals surface area contributed by atoms with Crippen molar-refractivity contribution in [1.82, 2.24) is 4.90 Å². The number of thiocarbonyl (C=S) groups is 1. The summed E-state index contributed by atoms with van der Waals surface area (Å²) in [4.78, 5) is 29.0. The third-order valence-electron chi connectivity index (χ3n) is 6.20. The molecule has 0 radical (unpaired) electrons. The Morgan fingerprint density at radius 3 is 2.33 bits per heavy atom. The maximum Gasteiger partial charge on any atom is 0.270 e. The van der Waals surface area contributed by atoms with Gasteiger partial charge in [-0.1, -0.05) is 56.0 Å². The summed E-state index contributed by atoms with van der Waals surface area (Å²) >= 11 is 6.79. The molecule has 2 N–H and O–H groups in total. The Labute approximate surface area is 250 Å². The van der Waals surface area contributed by atoms with Crippen molar-refractivity contribution < 1.29 is 19.1 Å². The van der Waals surface area contributed by atoms with Crippen molar-refractivity contribution >= 4 is 64.3 Å². The molecule has 4 rings (SSSR count). The third kappa shape index (κ3) is 8.08. The molecule has 210 valence electrons. The van der Waals surface area contributed by atoms with E-state index in [1.54, 1.807) is 41.3 Å². The Hall–Kier alpha value is -3.37. The molecular formula is C30H32ClN3O4S2. The van der Waals surface area contributed by atoms with Gasteiger partial charge in [0.2, 0.25) is 5.91 Å². The monoisotopic (exact) mass is 597 g/mol. The fourth-order valence-corrected chi connectivity index (χ4v) is 5.33. The topological polar surface area (TPSA) is 85.1 Å². The Bertz CT molecular complexity index is 1360. The van der Waals surface area contributed by atoms with E-state index in [0.29, 0.717) is 38.6 Å². The van der Waals surface area contributed by atoms with Crippen LogP contribution in [0.5, 0.6) is 17.2 Å². The molecule has 0 saturated carbocycles. The molecule has 0 aliphatic carbocycles. The van der Waals surface area contributed by atoms with Crippen LogP contribution in [-0.2, 0) is 4.79 Å². The highest BCUT2D eigenvalue weighted by Gasteiger charge is 2.33. The quantitative estimate of drug-likeness (QED) is 0.145. The van der Waals surface area contributed by atoms with Gasteiger partial charge < -0.3 is 20.1 Å². The first-order chi connectivity index (χ1) is 18.9. The molecule has 0 aromatic heterocycles. The summed E-state index contributed by atoms with van der Waals surface area (Å²) in [6.07, 6.45) is 2.77. The van der Waals surface area contributed by atoms with Crippen LogP contribution in [0.2, 0.25) is 0 Å². The zero-order valence-corrected chi connectivity index (χ0v) is 24.8. The van der Waals surface area contributed by atoms with E-state index in [1.165, 1.54) is 11.8 Å². The van der Waals surface area contributed by atoms with Crippen LogP contribution in [0.25, 0.3) is 6.08 Å². The van der Waals surface area contributed by atoms with E-state index in [4.69, 9.17) is 27.4 Å². The van der Waals surface area contributed by atoms with Crippen molar-refractivity contribution in [3.8, 4) is 17.2 Å². The van der Waals surface area contributed by atoms with Crippen molar-refractivity contribution in [3.63, 3.8) is 0 Å². The molecule has 1 heterocycles. The number of amides is 2. The number of carbonyl (C=O) groups is 2. The van der Waals surface area contributed by atoms with Crippen molar-refractivity contribution in [3.05, 3.63) is 88.8 Å². The number of benzene rings is 3. The highest BCUT2D eigenvalue weighted by molar-refractivity contribution is 8.27. The van der Waals surface area contributed by atoms with Gasteiger partial charge in [-0.25, -0.2) is 0 Å². The molecule has 3 aromatic carbocycles. The summed E-state index contributed by atoms with van der Waals surface area (Å²) in [5.41, 5.74) is 7.25. The summed E-state index contributed by atoms with van der Waals surface area (Å²) in [7, 11) is 0. The number of nitrogens with two attached hydrogens (primary N) is 1. The van der Waals surface area contributed by atoms with Crippen molar-refractivity contribution in [2.75, 3.05) is 31.1 Å². The van der Waals surface area contributed by atoms with Crippen molar-refractivity contribution in [2.24, 2.45) is 5.73 Å². The zero-order valence-electron chi connectivity index (χ0n) is 22.4. The molecule has 1 fully saturated rings. The van der Waals surface area contributed by atoms with E-state index in [2.05, 4.69) is 18.7 Å². The van der Waals surface area contributed by atoms with Crippen LogP contribution in [0.4, 0.5) is 5.69 Å². The number of halogens is 1. The lowest BCUT2D eigenvalue weighted by Crippen LogP contribution is -2.27. The Morgan fingerprint density at radius 2 is 1.68 bits per heavy atom. The predicted molar refractivity (Wildman–Crippen MR) is 169 cm³/mol. The first-order valence-corrected chi connectivity index (χ1v) is 14.0. The molecule has 3 aromatic rings. The minimum Gasteiger partial charge on any atom is -0.494 e. The van der Waals surface area contributed by atoms with Crippen LogP contribution in [0.15, 0.2) is 77.7 Å². The van der Waals surface area contributed by atoms with E-state index in [9.17, 15) is 9.59 Å². The van der Waals surface area contributed by atoms with Gasteiger partial charge >= 0.3 is 0 Å². The van der Waals surface area contributed by atoms with Gasteiger partial charge in [-0.3, -0.25) is 14.5 Å². The number of primary amides is 1. The number of anilines is 1. The van der Waals surface area contributed by atoms with E-state index in [0.717, 1.165) is 37.4 Å². The molecule has 7 nitrogen and oxygen atoms in total. The SMILES string of the molecule is CCN(CC)CCCOc1ccc(N2C(=O)/C(=C/c3ccc(Oc4cccc(C(N)=O)c4)cc3)SC2=S)cc1.Cl. The molecule has 0 bridgehead atoms. The van der Waals surface area contributed by atoms with Crippen LogP contribution >= 0.6 is 36.4 Å². The molecule has 1 aliphatic rings. The van der Waals surface area contributed by atoms with Gasteiger partial charge in [0.25, 0.3) is 5.91 Å². The van der Waals surface area contributed by atoms with Gasteiger partial charge in [0, 0.05) is 12.1 Å². The van der Waals surface area contributed by atoms with Gasteiger partial charge in [0.15, 0.2) is 4.32 Å². The zero-order chi connectivity index (χ0) is 27.8. The van der Waals surface area contributed by atoms with E-state index < -0.39 is 5.91 Å². The smallest absolute Gasteiger partial charge is 0.270 e. The van der Waals surface area contributed by atoms with Crippen molar-refractivity contribution in [1.29, 1.82) is 0 Å². The third-order valence-corrected chi connectivity index (χ3v) is 7.50. The van der Waals surface area contributed by atoms with Crippen LogP contribution in [-0.4, -0.2) is 47.3 Å². The van der Waals surface area contributed by atoms with Crippen LogP contribution in [0, 0.1) is 0 Å². The Balaban J connectivity index is 0.00000441. The molecule has 0 unspecified atom stereocenters. The standard InChI is InChI=1S/C30H31N3O4S2.ClH/c1-3-32(4-2)17-6-18-36-24-15-11-23(12-16-24)33-29(35)27(39-30(33)38)19-21-9-13-25(14-10-21)37-26-8-5-7-22(20-26)28(31)34;/h5,7-16,19-20H,3-4,6,17-18H2,1-2H3,(H2,31,34);1H/b27-19-;. The van der Waals surface area contributed by atoms with Crippen LogP contribution in [0.3, 0.4) is 0 Å². The Kier molecular flexibility index (Phi) is 11.6. The fourth-order valence-electron chi connectivity index (χ4n) is 4.03. The molecule has 40 heavy (non-hydrogen) atoms. The van der Waals surface area contributed by atoms with Gasteiger partial charge in [-0.05, 0) is 85.7 Å². The summed E-state index contributed by atoms with van der Waals surface area (Å²) in [6, 6.07) is 21.4. The fraction of sp³-hybridized carbons (Fsp3) is 0.233. The predicted octanol–water partition coefficient (Wildman–Crippen LogP) is 6.52. The number of ether oxygens (including phenoxy) is 2. The van der Waals surface area contributed by atoms with Crippen LogP contribution in [0.1, 0.15) is 36.2 Å². The number of hydrogen-bond donors (Lipinski definition) is 1. The van der Waals surface area contributed by atoms with Gasteiger partial charge in [0.1, 0.15) is 17.2 Å². The number of thioether (sulfide) groups is 1. The highest BCUT2D eigenvalue weighted by Crippen LogP contribution is 2.36. The number of nitrogens with zero attached hydrogens (tertiary/aromatic N) is 2. The summed E-state index contributed by atoms with van der Waals surface area (Å²) in [5.74, 6) is 1.19. The summed E-state index contributed by atoms with van der Waals surface area (Å²) in [6.45, 7) is 8.05. The van der Waals surface area contributed by atoms with E-state index in [1.807, 2.05) is 42.5 Å². The first-order valence-electron chi connectivity index (χ1n) is 12.8. The average Bonchev–Trinajstić information content (AvgIpc) is 3.22. The number of hydrogen-bond acceptors (Lipinski definition) is 7. The van der Waals surface area contributed by atoms with E-state index in [-0.39, 0.29) is 18.3 Å². The normalized spacial score (nSPS) is 14.0. The first kappa shape index (κ1) is 31.2. The summed E-state index contributed by atoms with van der Waals surface area (Å²) < 4.78 is 12.2. The lowest BCUT2D eigenvalue weighted by atomic mass is 10.2.